The first-order valence-corrected chi connectivity index (χ1v) is 6.44. The van der Waals surface area contributed by atoms with Crippen LogP contribution in [-0.2, 0) is 10.9 Å². The highest BCUT2D eigenvalue weighted by Gasteiger charge is 2.31. The Morgan fingerprint density at radius 2 is 1.74 bits per heavy atom. The van der Waals surface area contributed by atoms with Crippen molar-refractivity contribution in [3.05, 3.63) is 65.2 Å². The van der Waals surface area contributed by atoms with Crippen molar-refractivity contribution in [1.29, 1.82) is 0 Å². The van der Waals surface area contributed by atoms with Crippen molar-refractivity contribution in [2.24, 2.45) is 0 Å². The summed E-state index contributed by atoms with van der Waals surface area (Å²) in [5.74, 6) is -2.03. The van der Waals surface area contributed by atoms with Gasteiger partial charge in [0.1, 0.15) is 11.3 Å². The van der Waals surface area contributed by atoms with Gasteiger partial charge in [-0.2, -0.15) is 13.2 Å². The third-order valence-electron chi connectivity index (χ3n) is 2.97. The van der Waals surface area contributed by atoms with Gasteiger partial charge in [-0.25, -0.2) is 4.79 Å². The van der Waals surface area contributed by atoms with E-state index in [-0.39, 0.29) is 16.9 Å². The van der Waals surface area contributed by atoms with Crippen molar-refractivity contribution in [3.63, 3.8) is 0 Å². The zero-order chi connectivity index (χ0) is 17.0. The molecule has 0 amide bonds. The molecule has 4 nitrogen and oxygen atoms in total. The molecule has 0 heterocycles. The van der Waals surface area contributed by atoms with Crippen molar-refractivity contribution < 1.29 is 32.6 Å². The molecule has 23 heavy (non-hydrogen) atoms. The molecule has 0 unspecified atom stereocenters. The first-order valence-electron chi connectivity index (χ1n) is 6.44. The minimum atomic E-state index is -4.57. The number of phenols is 1. The summed E-state index contributed by atoms with van der Waals surface area (Å²) in [6.45, 7) is -0.728. The number of para-hydroxylation sites is 1. The summed E-state index contributed by atoms with van der Waals surface area (Å²) in [4.78, 5) is 23.6. The summed E-state index contributed by atoms with van der Waals surface area (Å²) in [5.41, 5.74) is -1.32. The van der Waals surface area contributed by atoms with E-state index in [4.69, 9.17) is 4.74 Å². The Labute approximate surface area is 129 Å². The van der Waals surface area contributed by atoms with Gasteiger partial charge in [0, 0.05) is 5.56 Å². The van der Waals surface area contributed by atoms with E-state index in [0.29, 0.717) is 6.07 Å². The van der Waals surface area contributed by atoms with Gasteiger partial charge < -0.3 is 9.84 Å². The van der Waals surface area contributed by atoms with Crippen LogP contribution < -0.4 is 0 Å². The molecule has 0 radical (unpaired) electrons. The maximum absolute atomic E-state index is 12.6. The molecular formula is C16H11F3O4. The van der Waals surface area contributed by atoms with E-state index < -0.39 is 30.1 Å². The summed E-state index contributed by atoms with van der Waals surface area (Å²) in [7, 11) is 0. The molecule has 0 aromatic heterocycles. The lowest BCUT2D eigenvalue weighted by Gasteiger charge is -2.09. The highest BCUT2D eigenvalue weighted by Crippen LogP contribution is 2.29. The number of halogens is 3. The molecule has 2 rings (SSSR count). The fourth-order valence-electron chi connectivity index (χ4n) is 1.81. The van der Waals surface area contributed by atoms with Crippen LogP contribution in [0.25, 0.3) is 0 Å². The number of ketones is 1. The second-order valence-corrected chi connectivity index (χ2v) is 4.60. The highest BCUT2D eigenvalue weighted by molar-refractivity contribution is 6.00. The van der Waals surface area contributed by atoms with Crippen LogP contribution in [0.2, 0.25) is 0 Å². The number of aromatic hydroxyl groups is 1. The third kappa shape index (κ3) is 4.09. The van der Waals surface area contributed by atoms with Gasteiger partial charge in [-0.1, -0.05) is 24.3 Å². The van der Waals surface area contributed by atoms with Crippen molar-refractivity contribution in [3.8, 4) is 5.75 Å². The molecule has 2 aromatic rings. The maximum Gasteiger partial charge on any atom is 0.416 e. The molecule has 0 aliphatic carbocycles. The summed E-state index contributed by atoms with van der Waals surface area (Å²) in [5, 5.41) is 9.48. The second-order valence-electron chi connectivity index (χ2n) is 4.60. The molecule has 0 saturated carbocycles. The first kappa shape index (κ1) is 16.5. The van der Waals surface area contributed by atoms with Crippen LogP contribution in [0.4, 0.5) is 13.2 Å². The van der Waals surface area contributed by atoms with Crippen LogP contribution in [0, 0.1) is 0 Å². The summed E-state index contributed by atoms with van der Waals surface area (Å²) < 4.78 is 42.5. The lowest BCUT2D eigenvalue weighted by atomic mass is 10.1. The van der Waals surface area contributed by atoms with E-state index >= 15 is 0 Å². The molecule has 0 bridgehead atoms. The number of carbonyl (C=O) groups is 2. The Bertz CT molecular complexity index is 738. The van der Waals surface area contributed by atoms with Crippen LogP contribution in [-0.4, -0.2) is 23.5 Å². The van der Waals surface area contributed by atoms with E-state index in [9.17, 15) is 27.9 Å². The largest absolute Gasteiger partial charge is 0.507 e. The normalized spacial score (nSPS) is 11.1. The molecular weight excluding hydrogens is 313 g/mol. The van der Waals surface area contributed by atoms with E-state index in [1.807, 2.05) is 0 Å². The van der Waals surface area contributed by atoms with Gasteiger partial charge in [0.15, 0.2) is 12.4 Å². The van der Waals surface area contributed by atoms with Crippen LogP contribution >= 0.6 is 0 Å². The second kappa shape index (κ2) is 6.51. The predicted molar refractivity (Wildman–Crippen MR) is 74.2 cm³/mol. The molecule has 1 N–H and O–H groups in total. The molecule has 0 atom stereocenters. The predicted octanol–water partition coefficient (Wildman–Crippen LogP) is 3.45. The van der Waals surface area contributed by atoms with Crippen molar-refractivity contribution >= 4 is 11.8 Å². The number of benzene rings is 2. The Morgan fingerprint density at radius 1 is 1.04 bits per heavy atom. The quantitative estimate of drug-likeness (QED) is 0.691. The SMILES string of the molecule is O=C(COC(=O)c1ccccc1O)c1cccc(C(F)(F)F)c1. The smallest absolute Gasteiger partial charge is 0.416 e. The van der Waals surface area contributed by atoms with Gasteiger partial charge in [-0.3, -0.25) is 4.79 Å². The van der Waals surface area contributed by atoms with Gasteiger partial charge in [0.2, 0.25) is 0 Å². The van der Waals surface area contributed by atoms with Crippen LogP contribution in [0.15, 0.2) is 48.5 Å². The first-order chi connectivity index (χ1) is 10.8. The number of carbonyl (C=O) groups excluding carboxylic acids is 2. The van der Waals surface area contributed by atoms with Crippen LogP contribution in [0.3, 0.4) is 0 Å². The number of rotatable bonds is 4. The fraction of sp³-hybridized carbons (Fsp3) is 0.125. The molecule has 0 fully saturated rings. The average Bonchev–Trinajstić information content (AvgIpc) is 2.52. The van der Waals surface area contributed by atoms with E-state index in [2.05, 4.69) is 0 Å². The standard InChI is InChI=1S/C16H11F3O4/c17-16(18,19)11-5-3-4-10(8-11)14(21)9-23-15(22)12-6-1-2-7-13(12)20/h1-8,20H,9H2. The Kier molecular flexibility index (Phi) is 4.68. The summed E-state index contributed by atoms with van der Waals surface area (Å²) in [6, 6.07) is 9.38. The monoisotopic (exact) mass is 324 g/mol. The molecule has 2 aromatic carbocycles. The van der Waals surface area contributed by atoms with E-state index in [0.717, 1.165) is 12.1 Å². The van der Waals surface area contributed by atoms with Gasteiger partial charge in [-0.05, 0) is 24.3 Å². The number of hydrogen-bond acceptors (Lipinski definition) is 4. The number of Topliss-reactive ketones (excluding diaryl/α,β-unsaturated/α-hetero) is 1. The number of hydrogen-bond donors (Lipinski definition) is 1. The molecule has 0 spiro atoms. The minimum Gasteiger partial charge on any atom is -0.507 e. The summed E-state index contributed by atoms with van der Waals surface area (Å²) >= 11 is 0. The van der Waals surface area contributed by atoms with Crippen LogP contribution in [0.5, 0.6) is 5.75 Å². The maximum atomic E-state index is 12.6. The highest BCUT2D eigenvalue weighted by atomic mass is 19.4. The van der Waals surface area contributed by atoms with E-state index in [1.165, 1.54) is 30.3 Å². The Hall–Kier alpha value is -2.83. The lowest BCUT2D eigenvalue weighted by Crippen LogP contribution is -2.15. The van der Waals surface area contributed by atoms with Crippen LogP contribution in [0.1, 0.15) is 26.3 Å². The van der Waals surface area contributed by atoms with E-state index in [1.54, 1.807) is 0 Å². The number of esters is 1. The Balaban J connectivity index is 2.06. The summed E-state index contributed by atoms with van der Waals surface area (Å²) in [6.07, 6.45) is -4.57. The third-order valence-corrected chi connectivity index (χ3v) is 2.97. The average molecular weight is 324 g/mol. The minimum absolute atomic E-state index is 0.135. The topological polar surface area (TPSA) is 63.6 Å². The zero-order valence-electron chi connectivity index (χ0n) is 11.6. The van der Waals surface area contributed by atoms with Crippen molar-refractivity contribution in [1.82, 2.24) is 0 Å². The van der Waals surface area contributed by atoms with Gasteiger partial charge in [-0.15, -0.1) is 0 Å². The van der Waals surface area contributed by atoms with Crippen molar-refractivity contribution in [2.75, 3.05) is 6.61 Å². The van der Waals surface area contributed by atoms with Crippen molar-refractivity contribution in [2.45, 2.75) is 6.18 Å². The molecule has 120 valence electrons. The fourth-order valence-corrected chi connectivity index (χ4v) is 1.81. The lowest BCUT2D eigenvalue weighted by molar-refractivity contribution is -0.137. The van der Waals surface area contributed by atoms with Gasteiger partial charge >= 0.3 is 12.1 Å². The number of phenolic OH excluding ortho intramolecular Hbond substituents is 1. The molecule has 0 aliphatic rings. The number of alkyl halides is 3. The zero-order valence-corrected chi connectivity index (χ0v) is 11.6. The molecule has 7 heteroatoms. The van der Waals surface area contributed by atoms with Gasteiger partial charge in [0.25, 0.3) is 0 Å². The Morgan fingerprint density at radius 3 is 2.39 bits per heavy atom. The molecule has 0 saturated heterocycles. The van der Waals surface area contributed by atoms with Gasteiger partial charge in [0.05, 0.1) is 5.56 Å². The number of ether oxygens (including phenoxy) is 1. The molecule has 0 aliphatic heterocycles.